The third-order valence-electron chi connectivity index (χ3n) is 6.25. The number of thioether (sulfide) groups is 1. The third-order valence-corrected chi connectivity index (χ3v) is 6.99. The summed E-state index contributed by atoms with van der Waals surface area (Å²) in [6.45, 7) is 0. The Hall–Kier alpha value is -4.56. The van der Waals surface area contributed by atoms with Crippen molar-refractivity contribution in [3.63, 3.8) is 0 Å². The lowest BCUT2D eigenvalue weighted by Gasteiger charge is -2.30. The van der Waals surface area contributed by atoms with Crippen molar-refractivity contribution in [3.8, 4) is 11.1 Å². The van der Waals surface area contributed by atoms with Gasteiger partial charge in [-0.3, -0.25) is 0 Å². The molecule has 1 atom stereocenters. The molecule has 0 radical (unpaired) electrons. The topological polar surface area (TPSA) is 117 Å². The summed E-state index contributed by atoms with van der Waals surface area (Å²) in [6.07, 6.45) is 2.06. The molecule has 5 aromatic rings. The van der Waals surface area contributed by atoms with E-state index in [2.05, 4.69) is 60.1 Å². The maximum Gasteiger partial charge on any atom is 0.414 e. The van der Waals surface area contributed by atoms with E-state index in [0.717, 1.165) is 38.5 Å². The minimum Gasteiger partial charge on any atom is -0.473 e. The van der Waals surface area contributed by atoms with Crippen LogP contribution in [-0.2, 0) is 9.59 Å². The Morgan fingerprint density at radius 3 is 2.14 bits per heavy atom. The van der Waals surface area contributed by atoms with Crippen molar-refractivity contribution in [2.45, 2.75) is 10.9 Å². The zero-order valence-corrected chi connectivity index (χ0v) is 20.4. The fourth-order valence-corrected chi connectivity index (χ4v) is 5.04. The van der Waals surface area contributed by atoms with Crippen LogP contribution in [-0.4, -0.2) is 28.4 Å². The van der Waals surface area contributed by atoms with Gasteiger partial charge in [-0.2, -0.15) is 0 Å². The van der Waals surface area contributed by atoms with Gasteiger partial charge in [0.1, 0.15) is 5.58 Å². The Kier molecular flexibility index (Phi) is 6.42. The van der Waals surface area contributed by atoms with Gasteiger partial charge < -0.3 is 19.9 Å². The normalized spacial score (nSPS) is 13.6. The first-order valence-corrected chi connectivity index (χ1v) is 12.6. The van der Waals surface area contributed by atoms with Gasteiger partial charge in [0.2, 0.25) is 0 Å². The predicted octanol–water partition coefficient (Wildman–Crippen LogP) is 6.01. The molecule has 6 rings (SSSR count). The highest BCUT2D eigenvalue weighted by molar-refractivity contribution is 7.98. The summed E-state index contributed by atoms with van der Waals surface area (Å²) < 4.78 is 5.78. The number of aliphatic carboxylic acids is 2. The first-order chi connectivity index (χ1) is 17.9. The van der Waals surface area contributed by atoms with Gasteiger partial charge in [0.25, 0.3) is 0 Å². The lowest BCUT2D eigenvalue weighted by molar-refractivity contribution is -0.159. The minimum absolute atomic E-state index is 0.277. The molecule has 1 unspecified atom stereocenters. The van der Waals surface area contributed by atoms with Gasteiger partial charge in [-0.05, 0) is 46.9 Å². The smallest absolute Gasteiger partial charge is 0.414 e. The van der Waals surface area contributed by atoms with Crippen LogP contribution in [0.15, 0.2) is 99.0 Å². The molecule has 37 heavy (non-hydrogen) atoms. The van der Waals surface area contributed by atoms with E-state index in [1.165, 1.54) is 4.90 Å². The highest BCUT2D eigenvalue weighted by Crippen LogP contribution is 2.47. The van der Waals surface area contributed by atoms with E-state index in [1.54, 1.807) is 11.8 Å². The number of hydrogen-bond acceptors (Lipinski definition) is 6. The Bertz CT molecular complexity index is 1710. The molecule has 1 aliphatic heterocycles. The number of para-hydroxylation sites is 1. The van der Waals surface area contributed by atoms with Crippen molar-refractivity contribution >= 4 is 51.1 Å². The highest BCUT2D eigenvalue weighted by atomic mass is 32.2. The number of rotatable bonds is 2. The van der Waals surface area contributed by atoms with Gasteiger partial charge in [-0.1, -0.05) is 60.7 Å². The van der Waals surface area contributed by atoms with E-state index in [-0.39, 0.29) is 11.7 Å². The largest absolute Gasteiger partial charge is 0.473 e. The van der Waals surface area contributed by atoms with E-state index < -0.39 is 11.9 Å². The first-order valence-electron chi connectivity index (χ1n) is 11.3. The van der Waals surface area contributed by atoms with Crippen molar-refractivity contribution in [3.05, 3.63) is 106 Å². The van der Waals surface area contributed by atoms with Crippen LogP contribution in [0.2, 0.25) is 0 Å². The third kappa shape index (κ3) is 4.43. The van der Waals surface area contributed by atoms with Crippen molar-refractivity contribution < 1.29 is 24.2 Å². The maximum absolute atomic E-state index is 13.3. The van der Waals surface area contributed by atoms with Crippen LogP contribution >= 0.6 is 11.8 Å². The number of carbonyl (C=O) groups is 2. The molecule has 3 N–H and O–H groups in total. The molecule has 1 aliphatic rings. The van der Waals surface area contributed by atoms with Crippen LogP contribution in [0, 0.1) is 0 Å². The highest BCUT2D eigenvalue weighted by Gasteiger charge is 2.32. The minimum atomic E-state index is -1.82. The molecular formula is C29H21NO6S. The Morgan fingerprint density at radius 1 is 0.811 bits per heavy atom. The van der Waals surface area contributed by atoms with Crippen LogP contribution in [0.25, 0.3) is 32.9 Å². The molecule has 0 fully saturated rings. The van der Waals surface area contributed by atoms with Crippen LogP contribution < -0.4 is 10.9 Å². The number of nitrogens with one attached hydrogen (secondary N) is 1. The Labute approximate surface area is 215 Å². The van der Waals surface area contributed by atoms with Crippen LogP contribution in [0.5, 0.6) is 0 Å². The van der Waals surface area contributed by atoms with E-state index in [1.807, 2.05) is 36.4 Å². The SMILES string of the molecule is CSc1ccc(C2Nc3ccc4ccccc4c3-c3c2c(=O)oc2ccccc32)cc1.O=C(O)C(=O)O. The number of anilines is 1. The average Bonchev–Trinajstić information content (AvgIpc) is 2.92. The fourth-order valence-electron chi connectivity index (χ4n) is 4.63. The molecular weight excluding hydrogens is 490 g/mol. The van der Waals surface area contributed by atoms with Crippen LogP contribution in [0.4, 0.5) is 5.69 Å². The molecule has 0 aliphatic carbocycles. The average molecular weight is 512 g/mol. The summed E-state index contributed by atoms with van der Waals surface area (Å²) in [6, 6.07) is 28.5. The number of hydrogen-bond donors (Lipinski definition) is 3. The van der Waals surface area contributed by atoms with E-state index >= 15 is 0 Å². The van der Waals surface area contributed by atoms with Gasteiger partial charge >= 0.3 is 17.6 Å². The van der Waals surface area contributed by atoms with Crippen LogP contribution in [0.1, 0.15) is 17.2 Å². The quantitative estimate of drug-likeness (QED) is 0.150. The number of carboxylic acids is 2. The monoisotopic (exact) mass is 511 g/mol. The van der Waals surface area contributed by atoms with Gasteiger partial charge in [0.05, 0.1) is 11.6 Å². The molecule has 2 heterocycles. The number of benzene rings is 4. The second kappa shape index (κ2) is 9.83. The van der Waals surface area contributed by atoms with Crippen molar-refractivity contribution in [1.29, 1.82) is 0 Å². The van der Waals surface area contributed by atoms with Crippen molar-refractivity contribution in [1.82, 2.24) is 0 Å². The summed E-state index contributed by atoms with van der Waals surface area (Å²) in [4.78, 5) is 32.7. The zero-order valence-electron chi connectivity index (χ0n) is 19.6. The van der Waals surface area contributed by atoms with Gasteiger partial charge in [-0.15, -0.1) is 11.8 Å². The van der Waals surface area contributed by atoms with E-state index in [4.69, 9.17) is 24.2 Å². The maximum atomic E-state index is 13.3. The second-order valence-corrected chi connectivity index (χ2v) is 9.22. The second-order valence-electron chi connectivity index (χ2n) is 8.34. The lowest BCUT2D eigenvalue weighted by atomic mass is 9.83. The molecule has 7 nitrogen and oxygen atoms in total. The first kappa shape index (κ1) is 24.1. The van der Waals surface area contributed by atoms with Crippen molar-refractivity contribution in [2.75, 3.05) is 11.6 Å². The molecule has 0 saturated carbocycles. The summed E-state index contributed by atoms with van der Waals surface area (Å²) >= 11 is 1.70. The fraction of sp³-hybridized carbons (Fsp3) is 0.0690. The standard InChI is InChI=1S/C27H19NO2S.C2H2O4/c1-31-18-13-10-17(11-14-18)26-25-24(20-8-4-5-9-22(20)30-27(25)29)23-19-7-3-2-6-16(19)12-15-21(23)28-26;3-1(4)2(5)6/h2-15,26,28H,1H3;(H,3,4)(H,5,6). The van der Waals surface area contributed by atoms with Crippen LogP contribution in [0.3, 0.4) is 0 Å². The van der Waals surface area contributed by atoms with Gasteiger partial charge in [0, 0.05) is 27.1 Å². The molecule has 0 amide bonds. The molecule has 0 saturated heterocycles. The Balaban J connectivity index is 0.000000421. The molecule has 8 heteroatoms. The molecule has 184 valence electrons. The van der Waals surface area contributed by atoms with Gasteiger partial charge in [-0.25, -0.2) is 14.4 Å². The lowest BCUT2D eigenvalue weighted by Crippen LogP contribution is -2.25. The summed E-state index contributed by atoms with van der Waals surface area (Å²) in [5, 5.41) is 21.7. The summed E-state index contributed by atoms with van der Waals surface area (Å²) in [7, 11) is 0. The molecule has 0 bridgehead atoms. The Morgan fingerprint density at radius 2 is 1.46 bits per heavy atom. The van der Waals surface area contributed by atoms with E-state index in [0.29, 0.717) is 11.1 Å². The molecule has 1 aromatic heterocycles. The number of carboxylic acid groups (broad SMARTS) is 2. The summed E-state index contributed by atoms with van der Waals surface area (Å²) in [5.41, 5.74) is 5.09. The van der Waals surface area contributed by atoms with Crippen molar-refractivity contribution in [2.24, 2.45) is 0 Å². The number of fused-ring (bicyclic) bond motifs is 7. The molecule has 0 spiro atoms. The van der Waals surface area contributed by atoms with E-state index in [9.17, 15) is 4.79 Å². The zero-order chi connectivity index (χ0) is 26.1. The molecule has 4 aromatic carbocycles. The van der Waals surface area contributed by atoms with Gasteiger partial charge in [0.15, 0.2) is 0 Å². The predicted molar refractivity (Wildman–Crippen MR) is 144 cm³/mol. The summed E-state index contributed by atoms with van der Waals surface area (Å²) in [5.74, 6) is -3.65.